The Kier molecular flexibility index (Phi) is 12.7. The predicted octanol–water partition coefficient (Wildman–Crippen LogP) is 8.83. The summed E-state index contributed by atoms with van der Waals surface area (Å²) in [7, 11) is -0.157. The van der Waals surface area contributed by atoms with Gasteiger partial charge in [-0.3, -0.25) is 0 Å². The van der Waals surface area contributed by atoms with Crippen LogP contribution in [0.1, 0.15) is 102 Å². The summed E-state index contributed by atoms with van der Waals surface area (Å²) in [5, 5.41) is 8.52. The average molecular weight is 640 g/mol. The fraction of sp³-hybridized carbons (Fsp3) is 0.618. The lowest BCUT2D eigenvalue weighted by Crippen LogP contribution is -2.34. The molecule has 2 aromatic rings. The summed E-state index contributed by atoms with van der Waals surface area (Å²) in [4.78, 5) is 4.62. The molecule has 6 nitrogen and oxygen atoms in total. The van der Waals surface area contributed by atoms with Crippen molar-refractivity contribution in [3.63, 3.8) is 0 Å². The van der Waals surface area contributed by atoms with E-state index in [9.17, 15) is 13.2 Å². The Balaban J connectivity index is 0.000000978. The number of aryl methyl sites for hydroxylation is 2. The van der Waals surface area contributed by atoms with Gasteiger partial charge in [0.15, 0.2) is 14.9 Å². The second-order valence-corrected chi connectivity index (χ2v) is 14.4. The number of aliphatic imine (C=N–C) groups is 1. The van der Waals surface area contributed by atoms with Crippen molar-refractivity contribution in [1.29, 1.82) is 0 Å². The summed E-state index contributed by atoms with van der Waals surface area (Å²) in [6, 6.07) is 12.9. The highest BCUT2D eigenvalue weighted by molar-refractivity contribution is 7.26. The van der Waals surface area contributed by atoms with Gasteiger partial charge in [-0.1, -0.05) is 30.3 Å². The second-order valence-electron chi connectivity index (χ2n) is 13.7. The van der Waals surface area contributed by atoms with Crippen LogP contribution in [0.2, 0.25) is 0 Å². The Morgan fingerprint density at radius 2 is 1.61 bits per heavy atom. The molecule has 2 aromatic carbocycles. The van der Waals surface area contributed by atoms with Crippen LogP contribution in [0, 0.1) is 0 Å². The van der Waals surface area contributed by atoms with Gasteiger partial charge in [-0.2, -0.15) is 13.2 Å². The fourth-order valence-electron chi connectivity index (χ4n) is 4.52. The number of hydrogen-bond donors (Lipinski definition) is 1. The Morgan fingerprint density at radius 3 is 2.16 bits per heavy atom. The maximum absolute atomic E-state index is 13.9. The molecule has 0 bridgehead atoms. The van der Waals surface area contributed by atoms with Gasteiger partial charge in [0.05, 0.1) is 30.0 Å². The van der Waals surface area contributed by atoms with Crippen LogP contribution in [0.5, 0.6) is 5.75 Å². The van der Waals surface area contributed by atoms with Crippen LogP contribution < -0.4 is 4.74 Å². The van der Waals surface area contributed by atoms with Gasteiger partial charge < -0.3 is 23.6 Å². The summed E-state index contributed by atoms with van der Waals surface area (Å²) in [6.45, 7) is 13.7. The average Bonchev–Trinajstić information content (AvgIpc) is 3.69. The van der Waals surface area contributed by atoms with Crippen molar-refractivity contribution < 1.29 is 36.8 Å². The van der Waals surface area contributed by atoms with Gasteiger partial charge in [-0.25, -0.2) is 4.99 Å². The van der Waals surface area contributed by atoms with E-state index in [-0.39, 0.29) is 33.6 Å². The monoisotopic (exact) mass is 639 g/mol. The van der Waals surface area contributed by atoms with Crippen LogP contribution in [0.15, 0.2) is 47.5 Å². The first-order valence-corrected chi connectivity index (χ1v) is 16.1. The van der Waals surface area contributed by atoms with Crippen molar-refractivity contribution >= 4 is 14.9 Å². The third kappa shape index (κ3) is 13.4. The van der Waals surface area contributed by atoms with Gasteiger partial charge in [0, 0.05) is 6.92 Å². The van der Waals surface area contributed by atoms with Crippen LogP contribution >= 0.6 is 9.03 Å². The van der Waals surface area contributed by atoms with Crippen LogP contribution in [0.3, 0.4) is 0 Å². The molecule has 0 aromatic heterocycles. The van der Waals surface area contributed by atoms with E-state index >= 15 is 0 Å². The Labute approximate surface area is 262 Å². The van der Waals surface area contributed by atoms with Crippen molar-refractivity contribution in [2.75, 3.05) is 19.8 Å². The molecule has 1 N–H and O–H groups in total. The lowest BCUT2D eigenvalue weighted by Gasteiger charge is -2.25. The quantitative estimate of drug-likeness (QED) is 0.175. The molecule has 0 amide bonds. The minimum absolute atomic E-state index is 0.132. The van der Waals surface area contributed by atoms with E-state index in [4.69, 9.17) is 23.6 Å². The zero-order valence-corrected chi connectivity index (χ0v) is 28.1. The van der Waals surface area contributed by atoms with Crippen molar-refractivity contribution in [3.05, 3.63) is 64.7 Å². The maximum atomic E-state index is 13.9. The van der Waals surface area contributed by atoms with Crippen molar-refractivity contribution in [1.82, 2.24) is 0 Å². The molecular formula is C34H49F3NO5P. The third-order valence-electron chi connectivity index (χ3n) is 6.82. The fourth-order valence-corrected chi connectivity index (χ4v) is 5.15. The molecule has 0 spiro atoms. The molecule has 10 heteroatoms. The number of rotatable bonds is 13. The molecule has 1 aliphatic carbocycles. The largest absolute Gasteiger partial charge is 0.493 e. The van der Waals surface area contributed by atoms with E-state index in [1.807, 2.05) is 20.8 Å². The number of benzene rings is 2. The Hall–Kier alpha value is -2.19. The molecule has 1 saturated carbocycles. The first-order valence-electron chi connectivity index (χ1n) is 15.3. The molecule has 1 heterocycles. The summed E-state index contributed by atoms with van der Waals surface area (Å²) in [5.41, 5.74) is 0.894. The highest BCUT2D eigenvalue weighted by atomic mass is 31.1. The smallest absolute Gasteiger partial charge is 0.419 e. The molecule has 0 saturated heterocycles. The second kappa shape index (κ2) is 15.4. The van der Waals surface area contributed by atoms with E-state index in [0.29, 0.717) is 43.2 Å². The van der Waals surface area contributed by atoms with Crippen LogP contribution in [0.25, 0.3) is 0 Å². The molecule has 246 valence electrons. The molecule has 1 aliphatic heterocycles. The normalized spacial score (nSPS) is 19.0. The van der Waals surface area contributed by atoms with Crippen LogP contribution in [-0.2, 0) is 32.8 Å². The third-order valence-corrected chi connectivity index (χ3v) is 7.77. The van der Waals surface area contributed by atoms with E-state index in [1.165, 1.54) is 36.1 Å². The van der Waals surface area contributed by atoms with Crippen molar-refractivity contribution in [2.45, 2.75) is 116 Å². The number of nitrogens with zero attached hydrogens (tertiary/aromatic N) is 1. The van der Waals surface area contributed by atoms with E-state index in [0.717, 1.165) is 6.42 Å². The molecular weight excluding hydrogens is 590 g/mol. The SMILES string of the molecule is CC(C)(C)O.CC1=NC(CCc2ccc(OCCCc3ccc(C4CC4)cc3)c(C(F)(F)F)c2)(COPOC(C)(C)C)CO1. The molecule has 2 atom stereocenters. The van der Waals surface area contributed by atoms with Crippen molar-refractivity contribution in [2.24, 2.45) is 4.99 Å². The number of halogens is 3. The first-order chi connectivity index (χ1) is 20.4. The molecule has 2 unspecified atom stereocenters. The number of alkyl halides is 3. The minimum Gasteiger partial charge on any atom is -0.493 e. The van der Waals surface area contributed by atoms with Gasteiger partial charge in [-0.15, -0.1) is 0 Å². The summed E-state index contributed by atoms with van der Waals surface area (Å²) in [6.07, 6.45) is 0.297. The van der Waals surface area contributed by atoms with Crippen LogP contribution in [-0.4, -0.2) is 47.6 Å². The van der Waals surface area contributed by atoms with Gasteiger partial charge >= 0.3 is 6.18 Å². The van der Waals surface area contributed by atoms with E-state index in [2.05, 4.69) is 29.3 Å². The predicted molar refractivity (Wildman–Crippen MR) is 171 cm³/mol. The Bertz CT molecular complexity index is 1210. The zero-order chi connectivity index (χ0) is 32.6. The molecule has 0 radical (unpaired) electrons. The highest BCUT2D eigenvalue weighted by Crippen LogP contribution is 2.40. The van der Waals surface area contributed by atoms with Crippen molar-refractivity contribution in [3.8, 4) is 5.75 Å². The Morgan fingerprint density at radius 1 is 0.977 bits per heavy atom. The molecule has 1 fully saturated rings. The number of aliphatic hydroxyl groups is 1. The minimum atomic E-state index is -4.51. The first kappa shape index (κ1) is 36.3. The maximum Gasteiger partial charge on any atom is 0.419 e. The summed E-state index contributed by atoms with van der Waals surface area (Å²) < 4.78 is 64.4. The van der Waals surface area contributed by atoms with Gasteiger partial charge in [0.2, 0.25) is 0 Å². The van der Waals surface area contributed by atoms with E-state index in [1.54, 1.807) is 33.8 Å². The van der Waals surface area contributed by atoms with Gasteiger partial charge in [0.25, 0.3) is 0 Å². The highest BCUT2D eigenvalue weighted by Gasteiger charge is 2.37. The van der Waals surface area contributed by atoms with Gasteiger partial charge in [-0.05, 0) is 115 Å². The summed E-state index contributed by atoms with van der Waals surface area (Å²) >= 11 is 0. The topological polar surface area (TPSA) is 69.5 Å². The summed E-state index contributed by atoms with van der Waals surface area (Å²) in [5.74, 6) is 1.13. The zero-order valence-electron chi connectivity index (χ0n) is 27.1. The molecule has 2 aliphatic rings. The number of hydrogen-bond acceptors (Lipinski definition) is 6. The molecule has 44 heavy (non-hydrogen) atoms. The lowest BCUT2D eigenvalue weighted by atomic mass is 9.93. The van der Waals surface area contributed by atoms with Crippen LogP contribution in [0.4, 0.5) is 13.2 Å². The lowest BCUT2D eigenvalue weighted by molar-refractivity contribution is -0.139. The number of ether oxygens (including phenoxy) is 2. The standard InChI is InChI=1S/C30H39F3NO4P.C4H10O/c1-21-34-29(19-36-21,20-37-39-38-28(2,3)4)16-15-23-9-14-27(26(18-23)30(31,32)33)35-17-5-6-22-7-10-24(11-8-22)25-12-13-25;1-4(2,3)5/h7-11,14,18,25,39H,5-6,12-13,15-17,19-20H2,1-4H3;5H,1-3H3. The van der Waals surface area contributed by atoms with Gasteiger partial charge in [0.1, 0.15) is 17.9 Å². The van der Waals surface area contributed by atoms with E-state index < -0.39 is 22.9 Å². The molecule has 4 rings (SSSR count).